The van der Waals surface area contributed by atoms with Gasteiger partial charge in [0.05, 0.1) is 13.1 Å². The van der Waals surface area contributed by atoms with Crippen LogP contribution in [-0.4, -0.2) is 54.8 Å². The van der Waals surface area contributed by atoms with Gasteiger partial charge in [-0.1, -0.05) is 34.1 Å². The first-order valence-corrected chi connectivity index (χ1v) is 8.32. The molecule has 0 aliphatic carbocycles. The molecule has 1 aliphatic heterocycles. The van der Waals surface area contributed by atoms with Gasteiger partial charge < -0.3 is 10.2 Å². The lowest BCUT2D eigenvalue weighted by atomic mass is 10.2. The average Bonchev–Trinajstić information content (AvgIpc) is 3.01. The molecule has 1 N–H and O–H groups in total. The number of nitrogens with zero attached hydrogens (tertiary/aromatic N) is 2. The summed E-state index contributed by atoms with van der Waals surface area (Å²) in [4.78, 5) is 27.5. The van der Waals surface area contributed by atoms with E-state index < -0.39 is 0 Å². The largest absolute Gasteiger partial charge is 0.346 e. The van der Waals surface area contributed by atoms with Gasteiger partial charge in [0, 0.05) is 24.1 Å². The number of hydrogen-bond donors (Lipinski definition) is 1. The van der Waals surface area contributed by atoms with Crippen LogP contribution in [-0.2, 0) is 16.1 Å². The van der Waals surface area contributed by atoms with E-state index >= 15 is 0 Å². The molecule has 0 spiro atoms. The fraction of sp³-hybridized carbons (Fsp3) is 0.500. The zero-order chi connectivity index (χ0) is 15.9. The van der Waals surface area contributed by atoms with E-state index in [2.05, 4.69) is 21.2 Å². The molecule has 1 heterocycles. The molecule has 22 heavy (non-hydrogen) atoms. The molecule has 0 saturated carbocycles. The first-order valence-electron chi connectivity index (χ1n) is 7.52. The molecule has 2 amide bonds. The minimum absolute atomic E-state index is 0.0132. The van der Waals surface area contributed by atoms with Gasteiger partial charge in [-0.25, -0.2) is 0 Å². The molecule has 2 rings (SSSR count). The monoisotopic (exact) mass is 367 g/mol. The summed E-state index contributed by atoms with van der Waals surface area (Å²) in [6.45, 7) is 2.68. The van der Waals surface area contributed by atoms with Crippen molar-refractivity contribution in [3.05, 3.63) is 34.3 Å². The Morgan fingerprint density at radius 1 is 1.27 bits per heavy atom. The third-order valence-electron chi connectivity index (χ3n) is 3.71. The summed E-state index contributed by atoms with van der Waals surface area (Å²) in [5.74, 6) is -0.110. The Kier molecular flexibility index (Phi) is 6.39. The van der Waals surface area contributed by atoms with Gasteiger partial charge in [0.25, 0.3) is 0 Å². The van der Waals surface area contributed by atoms with Gasteiger partial charge in [-0.3, -0.25) is 14.5 Å². The molecule has 1 saturated heterocycles. The smallest absolute Gasteiger partial charge is 0.241 e. The number of nitrogens with one attached hydrogen (secondary N) is 1. The predicted octanol–water partition coefficient (Wildman–Crippen LogP) is 1.62. The first kappa shape index (κ1) is 17.0. The molecular weight excluding hydrogens is 346 g/mol. The van der Waals surface area contributed by atoms with E-state index in [4.69, 9.17) is 0 Å². The first-order chi connectivity index (χ1) is 10.6. The van der Waals surface area contributed by atoms with Crippen LogP contribution in [0.15, 0.2) is 28.7 Å². The summed E-state index contributed by atoms with van der Waals surface area (Å²) in [5, 5.41) is 2.71. The normalized spacial score (nSPS) is 14.4. The molecule has 1 aromatic carbocycles. The molecule has 0 aromatic heterocycles. The SMILES string of the molecule is CN(CC(=O)NCC(=O)N1CCCC1)Cc1ccccc1Br. The van der Waals surface area contributed by atoms with Crippen LogP contribution >= 0.6 is 15.9 Å². The van der Waals surface area contributed by atoms with Crippen LogP contribution in [0.25, 0.3) is 0 Å². The highest BCUT2D eigenvalue weighted by Crippen LogP contribution is 2.17. The molecule has 0 bridgehead atoms. The Morgan fingerprint density at radius 3 is 2.64 bits per heavy atom. The Hall–Kier alpha value is -1.40. The molecule has 0 unspecified atom stereocenters. The summed E-state index contributed by atoms with van der Waals surface area (Å²) in [7, 11) is 1.89. The summed E-state index contributed by atoms with van der Waals surface area (Å²) >= 11 is 3.50. The molecule has 1 aliphatic rings. The van der Waals surface area contributed by atoms with Crippen molar-refractivity contribution in [1.82, 2.24) is 15.1 Å². The number of likely N-dealkylation sites (tertiary alicyclic amines) is 1. The molecule has 120 valence electrons. The van der Waals surface area contributed by atoms with Crippen LogP contribution in [0.2, 0.25) is 0 Å². The Labute approximate surface area is 139 Å². The lowest BCUT2D eigenvalue weighted by Gasteiger charge is -2.18. The number of likely N-dealkylation sites (N-methyl/N-ethyl adjacent to an activating group) is 1. The van der Waals surface area contributed by atoms with Crippen molar-refractivity contribution in [3.8, 4) is 0 Å². The molecule has 0 atom stereocenters. The van der Waals surface area contributed by atoms with Gasteiger partial charge in [0.2, 0.25) is 11.8 Å². The van der Waals surface area contributed by atoms with Gasteiger partial charge in [0.15, 0.2) is 0 Å². The van der Waals surface area contributed by atoms with Crippen molar-refractivity contribution in [1.29, 1.82) is 0 Å². The highest BCUT2D eigenvalue weighted by Gasteiger charge is 2.18. The number of benzene rings is 1. The highest BCUT2D eigenvalue weighted by atomic mass is 79.9. The topological polar surface area (TPSA) is 52.7 Å². The second-order valence-corrected chi connectivity index (χ2v) is 6.48. The molecule has 0 radical (unpaired) electrons. The molecule has 1 fully saturated rings. The van der Waals surface area contributed by atoms with E-state index in [9.17, 15) is 9.59 Å². The van der Waals surface area contributed by atoms with Crippen molar-refractivity contribution in [2.45, 2.75) is 19.4 Å². The Balaban J connectivity index is 1.72. The fourth-order valence-electron chi connectivity index (χ4n) is 2.53. The van der Waals surface area contributed by atoms with Crippen LogP contribution in [0.4, 0.5) is 0 Å². The number of amides is 2. The van der Waals surface area contributed by atoms with E-state index in [1.165, 1.54) is 0 Å². The van der Waals surface area contributed by atoms with E-state index in [0.29, 0.717) is 6.54 Å². The maximum Gasteiger partial charge on any atom is 0.241 e. The number of hydrogen-bond acceptors (Lipinski definition) is 3. The number of carbonyl (C=O) groups excluding carboxylic acids is 2. The second-order valence-electron chi connectivity index (χ2n) is 5.63. The van der Waals surface area contributed by atoms with Crippen molar-refractivity contribution in [2.24, 2.45) is 0 Å². The van der Waals surface area contributed by atoms with E-state index in [1.807, 2.05) is 41.1 Å². The van der Waals surface area contributed by atoms with Gasteiger partial charge >= 0.3 is 0 Å². The van der Waals surface area contributed by atoms with E-state index in [0.717, 1.165) is 36.0 Å². The van der Waals surface area contributed by atoms with Crippen LogP contribution in [0, 0.1) is 0 Å². The lowest BCUT2D eigenvalue weighted by molar-refractivity contribution is -0.132. The second kappa shape index (κ2) is 8.29. The summed E-state index contributed by atoms with van der Waals surface area (Å²) in [6, 6.07) is 7.94. The zero-order valence-corrected chi connectivity index (χ0v) is 14.4. The number of rotatable bonds is 6. The van der Waals surface area contributed by atoms with Crippen molar-refractivity contribution in [2.75, 3.05) is 33.2 Å². The van der Waals surface area contributed by atoms with Gasteiger partial charge in [-0.2, -0.15) is 0 Å². The van der Waals surface area contributed by atoms with Crippen LogP contribution in [0.5, 0.6) is 0 Å². The van der Waals surface area contributed by atoms with Gasteiger partial charge in [0.1, 0.15) is 0 Å². The Bertz CT molecular complexity index is 530. The summed E-state index contributed by atoms with van der Waals surface area (Å²) in [5.41, 5.74) is 1.13. The third-order valence-corrected chi connectivity index (χ3v) is 4.48. The summed E-state index contributed by atoms with van der Waals surface area (Å²) < 4.78 is 1.03. The third kappa shape index (κ3) is 5.10. The molecule has 6 heteroatoms. The maximum absolute atomic E-state index is 11.9. The minimum Gasteiger partial charge on any atom is -0.346 e. The number of carbonyl (C=O) groups is 2. The number of halogens is 1. The lowest BCUT2D eigenvalue weighted by Crippen LogP contribution is -2.42. The van der Waals surface area contributed by atoms with Gasteiger partial charge in [-0.05, 0) is 31.5 Å². The van der Waals surface area contributed by atoms with E-state index in [-0.39, 0.29) is 24.9 Å². The van der Waals surface area contributed by atoms with Gasteiger partial charge in [-0.15, -0.1) is 0 Å². The summed E-state index contributed by atoms with van der Waals surface area (Å²) in [6.07, 6.45) is 2.13. The van der Waals surface area contributed by atoms with Crippen molar-refractivity contribution in [3.63, 3.8) is 0 Å². The predicted molar refractivity (Wildman–Crippen MR) is 89.3 cm³/mol. The molecule has 5 nitrogen and oxygen atoms in total. The van der Waals surface area contributed by atoms with E-state index in [1.54, 1.807) is 0 Å². The fourth-order valence-corrected chi connectivity index (χ4v) is 2.94. The highest BCUT2D eigenvalue weighted by molar-refractivity contribution is 9.10. The average molecular weight is 368 g/mol. The van der Waals surface area contributed by atoms with Crippen LogP contribution in [0.1, 0.15) is 18.4 Å². The van der Waals surface area contributed by atoms with Crippen molar-refractivity contribution < 1.29 is 9.59 Å². The zero-order valence-electron chi connectivity index (χ0n) is 12.8. The quantitative estimate of drug-likeness (QED) is 0.830. The molecule has 1 aromatic rings. The van der Waals surface area contributed by atoms with Crippen LogP contribution < -0.4 is 5.32 Å². The minimum atomic E-state index is -0.123. The maximum atomic E-state index is 11.9. The Morgan fingerprint density at radius 2 is 1.95 bits per heavy atom. The van der Waals surface area contributed by atoms with Crippen LogP contribution in [0.3, 0.4) is 0 Å². The molecular formula is C16H22BrN3O2. The van der Waals surface area contributed by atoms with Crippen molar-refractivity contribution >= 4 is 27.7 Å². The standard InChI is InChI=1S/C16H22BrN3O2/c1-19(11-13-6-2-3-7-14(13)17)12-15(21)18-10-16(22)20-8-4-5-9-20/h2-3,6-7H,4-5,8-12H2,1H3,(H,18,21).